The number of para-hydroxylation sites is 1. The van der Waals surface area contributed by atoms with Gasteiger partial charge < -0.3 is 23.8 Å². The molecule has 1 aromatic heterocycles. The normalized spacial score (nSPS) is 17.1. The summed E-state index contributed by atoms with van der Waals surface area (Å²) in [6, 6.07) is 13.9. The molecule has 0 atom stereocenters. The number of carbonyl (C=O) groups is 1. The number of pyridine rings is 1. The number of halogens is 2. The Bertz CT molecular complexity index is 1340. The minimum Gasteiger partial charge on any atom is -0.493 e. The minimum absolute atomic E-state index is 0.0322. The fourth-order valence-electron chi connectivity index (χ4n) is 3.93. The molecular formula is C25H21F2N3O5. The predicted molar refractivity (Wildman–Crippen MR) is 125 cm³/mol. The zero-order valence-corrected chi connectivity index (χ0v) is 18.7. The van der Waals surface area contributed by atoms with E-state index in [1.54, 1.807) is 6.08 Å². The smallest absolute Gasteiger partial charge is 0.387 e. The van der Waals surface area contributed by atoms with Gasteiger partial charge in [-0.2, -0.15) is 8.78 Å². The molecule has 0 saturated carbocycles. The molecule has 1 fully saturated rings. The lowest BCUT2D eigenvalue weighted by molar-refractivity contribution is -0.129. The lowest BCUT2D eigenvalue weighted by atomic mass is 10.1. The van der Waals surface area contributed by atoms with E-state index in [9.17, 15) is 13.6 Å². The Morgan fingerprint density at radius 2 is 1.89 bits per heavy atom. The summed E-state index contributed by atoms with van der Waals surface area (Å²) in [5.74, 6) is 0.0561. The first kappa shape index (κ1) is 22.7. The van der Waals surface area contributed by atoms with E-state index in [2.05, 4.69) is 14.6 Å². The maximum absolute atomic E-state index is 12.7. The molecule has 2 aliphatic rings. The van der Waals surface area contributed by atoms with Gasteiger partial charge in [-0.05, 0) is 36.4 Å². The topological polar surface area (TPSA) is 82.5 Å². The van der Waals surface area contributed by atoms with E-state index in [1.165, 1.54) is 25.3 Å². The summed E-state index contributed by atoms with van der Waals surface area (Å²) < 4.78 is 45.6. The Morgan fingerprint density at radius 1 is 1.09 bits per heavy atom. The lowest BCUT2D eigenvalue weighted by Gasteiger charge is -2.29. The quantitative estimate of drug-likeness (QED) is 0.388. The fraction of sp³-hybridized carbons (Fsp3) is 0.240. The summed E-state index contributed by atoms with van der Waals surface area (Å²) in [4.78, 5) is 24.0. The van der Waals surface area contributed by atoms with Gasteiger partial charge in [0.1, 0.15) is 5.82 Å². The Balaban J connectivity index is 1.53. The molecule has 2 aliphatic heterocycles. The zero-order valence-electron chi connectivity index (χ0n) is 18.7. The van der Waals surface area contributed by atoms with E-state index in [0.29, 0.717) is 31.9 Å². The lowest BCUT2D eigenvalue weighted by Crippen LogP contribution is -2.37. The highest BCUT2D eigenvalue weighted by Crippen LogP contribution is 2.32. The maximum Gasteiger partial charge on any atom is 0.387 e. The van der Waals surface area contributed by atoms with Crippen molar-refractivity contribution in [3.05, 3.63) is 65.4 Å². The predicted octanol–water partition coefficient (Wildman–Crippen LogP) is 4.03. The van der Waals surface area contributed by atoms with Crippen molar-refractivity contribution in [3.8, 4) is 11.5 Å². The van der Waals surface area contributed by atoms with Crippen molar-refractivity contribution < 1.29 is 32.5 Å². The second kappa shape index (κ2) is 9.67. The van der Waals surface area contributed by atoms with Crippen molar-refractivity contribution >= 4 is 34.7 Å². The number of ether oxygens (including phenoxy) is 4. The van der Waals surface area contributed by atoms with Crippen LogP contribution in [0.1, 0.15) is 11.1 Å². The molecule has 180 valence electrons. The molecular weight excluding hydrogens is 460 g/mol. The van der Waals surface area contributed by atoms with Crippen molar-refractivity contribution in [1.29, 1.82) is 0 Å². The van der Waals surface area contributed by atoms with Crippen molar-refractivity contribution in [2.24, 2.45) is 4.99 Å². The van der Waals surface area contributed by atoms with E-state index in [0.717, 1.165) is 22.3 Å². The van der Waals surface area contributed by atoms with Gasteiger partial charge in [-0.3, -0.25) is 0 Å². The van der Waals surface area contributed by atoms with Gasteiger partial charge in [-0.25, -0.2) is 14.8 Å². The first-order valence-corrected chi connectivity index (χ1v) is 10.9. The highest BCUT2D eigenvalue weighted by atomic mass is 19.3. The molecule has 8 nitrogen and oxygen atoms in total. The molecule has 1 saturated heterocycles. The van der Waals surface area contributed by atoms with Crippen LogP contribution < -0.4 is 14.4 Å². The monoisotopic (exact) mass is 481 g/mol. The second-order valence-corrected chi connectivity index (χ2v) is 7.77. The number of methoxy groups -OCH3 is 1. The standard InChI is InChI=1S/C25H21F2N3O5/c1-32-21-14-16(6-7-20(21)34-25(26)27)23-29-19(24(31)35-23)13-17-12-15-4-2-3-5-18(15)28-22(17)30-8-10-33-11-9-30/h2-7,12-14,25H,8-11H2,1H3/b19-13-. The third-order valence-electron chi connectivity index (χ3n) is 5.58. The van der Waals surface area contributed by atoms with Crippen molar-refractivity contribution in [3.63, 3.8) is 0 Å². The van der Waals surface area contributed by atoms with Crippen molar-refractivity contribution in [1.82, 2.24) is 4.98 Å². The summed E-state index contributed by atoms with van der Waals surface area (Å²) in [6.45, 7) is -0.480. The molecule has 0 bridgehead atoms. The van der Waals surface area contributed by atoms with Crippen LogP contribution in [0.25, 0.3) is 17.0 Å². The Morgan fingerprint density at radius 3 is 2.66 bits per heavy atom. The zero-order chi connectivity index (χ0) is 24.4. The highest BCUT2D eigenvalue weighted by Gasteiger charge is 2.26. The molecule has 0 aliphatic carbocycles. The number of morpholine rings is 1. The largest absolute Gasteiger partial charge is 0.493 e. The van der Waals surface area contributed by atoms with Gasteiger partial charge >= 0.3 is 12.6 Å². The average Bonchev–Trinajstić information content (AvgIpc) is 3.24. The van der Waals surface area contributed by atoms with E-state index in [-0.39, 0.29) is 23.1 Å². The van der Waals surface area contributed by atoms with Gasteiger partial charge in [0.15, 0.2) is 17.2 Å². The van der Waals surface area contributed by atoms with Crippen molar-refractivity contribution in [2.45, 2.75) is 6.61 Å². The number of fused-ring (bicyclic) bond motifs is 1. The van der Waals surface area contributed by atoms with E-state index >= 15 is 0 Å². The van der Waals surface area contributed by atoms with Crippen LogP contribution >= 0.6 is 0 Å². The number of benzene rings is 2. The summed E-state index contributed by atoms with van der Waals surface area (Å²) in [5.41, 5.74) is 2.04. The van der Waals surface area contributed by atoms with Crippen molar-refractivity contribution in [2.75, 3.05) is 38.3 Å². The molecule has 5 rings (SSSR count). The molecule has 0 unspecified atom stereocenters. The highest BCUT2D eigenvalue weighted by molar-refractivity contribution is 6.13. The summed E-state index contributed by atoms with van der Waals surface area (Å²) in [7, 11) is 1.32. The second-order valence-electron chi connectivity index (χ2n) is 7.77. The number of nitrogens with zero attached hydrogens (tertiary/aromatic N) is 3. The number of esters is 1. The van der Waals surface area contributed by atoms with Crippen LogP contribution in [0.15, 0.2) is 59.2 Å². The molecule has 10 heteroatoms. The summed E-state index contributed by atoms with van der Waals surface area (Å²) in [5, 5.41) is 0.922. The van der Waals surface area contributed by atoms with E-state index in [1.807, 2.05) is 30.3 Å². The molecule has 0 radical (unpaired) electrons. The fourth-order valence-corrected chi connectivity index (χ4v) is 3.93. The van der Waals surface area contributed by atoms with Crippen LogP contribution in [0, 0.1) is 0 Å². The molecule has 35 heavy (non-hydrogen) atoms. The SMILES string of the molecule is COc1cc(C2=N/C(=C\c3cc4ccccc4nc3N3CCOCC3)C(=O)O2)ccc1OC(F)F. The first-order chi connectivity index (χ1) is 17.0. The number of anilines is 1. The van der Waals surface area contributed by atoms with Gasteiger partial charge in [0.2, 0.25) is 5.90 Å². The van der Waals surface area contributed by atoms with Gasteiger partial charge in [-0.15, -0.1) is 0 Å². The number of aliphatic imine (C=N–C) groups is 1. The van der Waals surface area contributed by atoms with Gasteiger partial charge in [0.05, 0.1) is 25.8 Å². The van der Waals surface area contributed by atoms with Crippen LogP contribution in [0.3, 0.4) is 0 Å². The molecule has 3 heterocycles. The number of cyclic esters (lactones) is 1. The number of rotatable bonds is 6. The third kappa shape index (κ3) is 4.78. The number of hydrogen-bond acceptors (Lipinski definition) is 8. The Labute approximate surface area is 199 Å². The number of carbonyl (C=O) groups excluding carboxylic acids is 1. The number of alkyl halides is 2. The molecule has 0 N–H and O–H groups in total. The van der Waals surface area contributed by atoms with Gasteiger partial charge in [-0.1, -0.05) is 18.2 Å². The number of hydrogen-bond donors (Lipinski definition) is 0. The molecule has 2 aromatic carbocycles. The van der Waals surface area contributed by atoms with E-state index < -0.39 is 12.6 Å². The Hall–Kier alpha value is -4.05. The third-order valence-corrected chi connectivity index (χ3v) is 5.58. The molecule has 3 aromatic rings. The first-order valence-electron chi connectivity index (χ1n) is 10.9. The van der Waals surface area contributed by atoms with Crippen LogP contribution in [-0.4, -0.2) is 56.9 Å². The Kier molecular flexibility index (Phi) is 6.28. The van der Waals surface area contributed by atoms with Crippen LogP contribution in [0.5, 0.6) is 11.5 Å². The maximum atomic E-state index is 12.7. The molecule has 0 spiro atoms. The van der Waals surface area contributed by atoms with E-state index in [4.69, 9.17) is 19.2 Å². The van der Waals surface area contributed by atoms with Crippen LogP contribution in [0.4, 0.5) is 14.6 Å². The van der Waals surface area contributed by atoms with Gasteiger partial charge in [0.25, 0.3) is 0 Å². The summed E-state index contributed by atoms with van der Waals surface area (Å²) in [6.07, 6.45) is 1.64. The van der Waals surface area contributed by atoms with Crippen LogP contribution in [0.2, 0.25) is 0 Å². The minimum atomic E-state index is -3.00. The van der Waals surface area contributed by atoms with Gasteiger partial charge in [0, 0.05) is 29.6 Å². The number of aromatic nitrogens is 1. The summed E-state index contributed by atoms with van der Waals surface area (Å²) >= 11 is 0. The van der Waals surface area contributed by atoms with Crippen LogP contribution in [-0.2, 0) is 14.3 Å². The average molecular weight is 481 g/mol. The molecule has 0 amide bonds.